The van der Waals surface area contributed by atoms with Gasteiger partial charge in [0.2, 0.25) is 11.8 Å². The second kappa shape index (κ2) is 9.15. The predicted molar refractivity (Wildman–Crippen MR) is 63.8 cm³/mol. The molecule has 0 heterocycles. The molecule has 1 atom stereocenters. The molecule has 0 aromatic heterocycles. The van der Waals surface area contributed by atoms with Gasteiger partial charge in [-0.1, -0.05) is 6.92 Å². The maximum Gasteiger partial charge on any atom is 0.220 e. The van der Waals surface area contributed by atoms with Crippen LogP contribution in [-0.2, 0) is 9.59 Å². The van der Waals surface area contributed by atoms with E-state index >= 15 is 0 Å². The first kappa shape index (κ1) is 14.9. The van der Waals surface area contributed by atoms with Crippen LogP contribution < -0.4 is 16.4 Å². The van der Waals surface area contributed by atoms with Crippen molar-refractivity contribution in [3.8, 4) is 0 Å². The van der Waals surface area contributed by atoms with E-state index in [9.17, 15) is 9.59 Å². The van der Waals surface area contributed by atoms with Gasteiger partial charge in [0.05, 0.1) is 0 Å². The molecule has 94 valence electrons. The highest BCUT2D eigenvalue weighted by molar-refractivity contribution is 5.78. The lowest BCUT2D eigenvalue weighted by Crippen LogP contribution is -2.31. The molecular weight excluding hydrogens is 206 g/mol. The van der Waals surface area contributed by atoms with Crippen LogP contribution in [0.1, 0.15) is 33.1 Å². The maximum absolute atomic E-state index is 11.3. The van der Waals surface area contributed by atoms with Crippen molar-refractivity contribution in [1.82, 2.24) is 10.6 Å². The van der Waals surface area contributed by atoms with Crippen molar-refractivity contribution >= 4 is 11.8 Å². The molecule has 5 heteroatoms. The van der Waals surface area contributed by atoms with Gasteiger partial charge in [0.15, 0.2) is 0 Å². The molecule has 0 spiro atoms. The molecule has 0 radical (unpaired) electrons. The minimum Gasteiger partial charge on any atom is -0.356 e. The van der Waals surface area contributed by atoms with Gasteiger partial charge in [0, 0.05) is 25.9 Å². The van der Waals surface area contributed by atoms with Crippen LogP contribution in [0.2, 0.25) is 0 Å². The van der Waals surface area contributed by atoms with Gasteiger partial charge in [0.1, 0.15) is 0 Å². The van der Waals surface area contributed by atoms with Gasteiger partial charge >= 0.3 is 0 Å². The zero-order valence-electron chi connectivity index (χ0n) is 10.2. The Morgan fingerprint density at radius 3 is 2.25 bits per heavy atom. The number of rotatable bonds is 8. The van der Waals surface area contributed by atoms with E-state index in [2.05, 4.69) is 10.6 Å². The third-order valence-electron chi connectivity index (χ3n) is 2.23. The van der Waals surface area contributed by atoms with E-state index in [1.54, 1.807) is 0 Å². The largest absolute Gasteiger partial charge is 0.356 e. The zero-order chi connectivity index (χ0) is 12.4. The first-order valence-corrected chi connectivity index (χ1v) is 5.83. The van der Waals surface area contributed by atoms with Crippen LogP contribution in [0.25, 0.3) is 0 Å². The Bertz CT molecular complexity index is 219. The maximum atomic E-state index is 11.3. The Morgan fingerprint density at radius 1 is 1.19 bits per heavy atom. The van der Waals surface area contributed by atoms with Crippen molar-refractivity contribution in [3.63, 3.8) is 0 Å². The molecule has 0 aromatic carbocycles. The Labute approximate surface area is 97.2 Å². The molecule has 0 saturated carbocycles. The lowest BCUT2D eigenvalue weighted by Gasteiger charge is -2.09. The number of carbonyl (C=O) groups is 2. The molecule has 0 fully saturated rings. The van der Waals surface area contributed by atoms with Crippen LogP contribution in [0.4, 0.5) is 0 Å². The van der Waals surface area contributed by atoms with Gasteiger partial charge < -0.3 is 16.4 Å². The molecule has 2 amide bonds. The minimum atomic E-state index is -0.00963. The molecule has 4 N–H and O–H groups in total. The summed E-state index contributed by atoms with van der Waals surface area (Å²) in [5.74, 6) is 0.294. The molecule has 0 aliphatic heterocycles. The molecule has 16 heavy (non-hydrogen) atoms. The predicted octanol–water partition coefficient (Wildman–Crippen LogP) is 0.00380. The molecule has 0 bridgehead atoms. The normalized spacial score (nSPS) is 11.9. The standard InChI is InChI=1S/C11H23N3O2/c1-3-13-10(15)5-4-6-11(16)14-8-9(2)7-12/h9H,3-8,12H2,1-2H3,(H,13,15)(H,14,16). The first-order chi connectivity index (χ1) is 7.60. The van der Waals surface area contributed by atoms with Gasteiger partial charge in [-0.25, -0.2) is 0 Å². The fourth-order valence-corrected chi connectivity index (χ4v) is 1.15. The van der Waals surface area contributed by atoms with E-state index in [4.69, 9.17) is 5.73 Å². The highest BCUT2D eigenvalue weighted by Crippen LogP contribution is 1.96. The topological polar surface area (TPSA) is 84.2 Å². The quantitative estimate of drug-likeness (QED) is 0.548. The van der Waals surface area contributed by atoms with Gasteiger partial charge in [-0.2, -0.15) is 0 Å². The molecular formula is C11H23N3O2. The van der Waals surface area contributed by atoms with Gasteiger partial charge in [0.25, 0.3) is 0 Å². The lowest BCUT2D eigenvalue weighted by atomic mass is 10.1. The molecule has 0 saturated heterocycles. The van der Waals surface area contributed by atoms with Crippen LogP contribution >= 0.6 is 0 Å². The van der Waals surface area contributed by atoms with Gasteiger partial charge in [-0.3, -0.25) is 9.59 Å². The highest BCUT2D eigenvalue weighted by Gasteiger charge is 2.05. The number of nitrogens with two attached hydrogens (primary N) is 1. The summed E-state index contributed by atoms with van der Waals surface area (Å²) in [7, 11) is 0. The molecule has 0 aliphatic carbocycles. The summed E-state index contributed by atoms with van der Waals surface area (Å²) in [6, 6.07) is 0. The number of nitrogens with one attached hydrogen (secondary N) is 2. The van der Waals surface area contributed by atoms with Crippen LogP contribution in [0.3, 0.4) is 0 Å². The smallest absolute Gasteiger partial charge is 0.220 e. The summed E-state index contributed by atoms with van der Waals surface area (Å²) in [6.45, 7) is 5.67. The highest BCUT2D eigenvalue weighted by atomic mass is 16.2. The fraction of sp³-hybridized carbons (Fsp3) is 0.818. The van der Waals surface area contributed by atoms with Crippen LogP contribution in [0.15, 0.2) is 0 Å². The van der Waals surface area contributed by atoms with E-state index in [0.717, 1.165) is 0 Å². The van der Waals surface area contributed by atoms with Crippen molar-refractivity contribution in [2.75, 3.05) is 19.6 Å². The van der Waals surface area contributed by atoms with Crippen molar-refractivity contribution in [2.24, 2.45) is 11.7 Å². The second-order valence-electron chi connectivity index (χ2n) is 3.95. The summed E-state index contributed by atoms with van der Waals surface area (Å²) in [6.07, 6.45) is 1.40. The summed E-state index contributed by atoms with van der Waals surface area (Å²) < 4.78 is 0. The number of amides is 2. The van der Waals surface area contributed by atoms with E-state index in [0.29, 0.717) is 44.8 Å². The third kappa shape index (κ3) is 8.23. The number of hydrogen-bond donors (Lipinski definition) is 3. The van der Waals surface area contributed by atoms with Crippen molar-refractivity contribution < 1.29 is 9.59 Å². The Kier molecular flexibility index (Phi) is 8.52. The van der Waals surface area contributed by atoms with E-state index in [-0.39, 0.29) is 11.8 Å². The summed E-state index contributed by atoms with van der Waals surface area (Å²) in [5.41, 5.74) is 5.43. The monoisotopic (exact) mass is 229 g/mol. The number of hydrogen-bond acceptors (Lipinski definition) is 3. The summed E-state index contributed by atoms with van der Waals surface area (Å²) >= 11 is 0. The zero-order valence-corrected chi connectivity index (χ0v) is 10.2. The minimum absolute atomic E-state index is 0.00521. The molecule has 0 aliphatic rings. The van der Waals surface area contributed by atoms with Crippen molar-refractivity contribution in [1.29, 1.82) is 0 Å². The summed E-state index contributed by atoms with van der Waals surface area (Å²) in [4.78, 5) is 22.4. The lowest BCUT2D eigenvalue weighted by molar-refractivity contribution is -0.122. The van der Waals surface area contributed by atoms with E-state index in [1.165, 1.54) is 0 Å². The van der Waals surface area contributed by atoms with E-state index < -0.39 is 0 Å². The first-order valence-electron chi connectivity index (χ1n) is 5.83. The molecule has 5 nitrogen and oxygen atoms in total. The molecule has 0 aromatic rings. The average molecular weight is 229 g/mol. The molecule has 1 unspecified atom stereocenters. The Balaban J connectivity index is 3.47. The second-order valence-corrected chi connectivity index (χ2v) is 3.95. The number of carbonyl (C=O) groups excluding carboxylic acids is 2. The average Bonchev–Trinajstić information content (AvgIpc) is 2.26. The van der Waals surface area contributed by atoms with Crippen molar-refractivity contribution in [2.45, 2.75) is 33.1 Å². The van der Waals surface area contributed by atoms with Gasteiger partial charge in [-0.05, 0) is 25.8 Å². The Hall–Kier alpha value is -1.10. The Morgan fingerprint density at radius 2 is 1.75 bits per heavy atom. The van der Waals surface area contributed by atoms with Crippen LogP contribution in [-0.4, -0.2) is 31.4 Å². The summed E-state index contributed by atoms with van der Waals surface area (Å²) in [5, 5.41) is 5.48. The SMILES string of the molecule is CCNC(=O)CCCC(=O)NCC(C)CN. The van der Waals surface area contributed by atoms with E-state index in [1.807, 2.05) is 13.8 Å². The van der Waals surface area contributed by atoms with Gasteiger partial charge in [-0.15, -0.1) is 0 Å². The third-order valence-corrected chi connectivity index (χ3v) is 2.23. The van der Waals surface area contributed by atoms with Crippen LogP contribution in [0.5, 0.6) is 0 Å². The fourth-order valence-electron chi connectivity index (χ4n) is 1.15. The molecule has 0 rings (SSSR count). The van der Waals surface area contributed by atoms with Crippen LogP contribution in [0, 0.1) is 5.92 Å². The van der Waals surface area contributed by atoms with Crippen molar-refractivity contribution in [3.05, 3.63) is 0 Å².